The monoisotopic (exact) mass is 449 g/mol. The molecule has 0 aromatic heterocycles. The molecule has 1 saturated heterocycles. The van der Waals surface area contributed by atoms with E-state index in [1.54, 1.807) is 20.8 Å². The van der Waals surface area contributed by atoms with E-state index in [0.29, 0.717) is 19.1 Å². The number of ether oxygens (including phenoxy) is 4. The number of hydrogen-bond acceptors (Lipinski definition) is 6. The van der Waals surface area contributed by atoms with Crippen molar-refractivity contribution in [2.24, 2.45) is 11.8 Å². The first-order valence-corrected chi connectivity index (χ1v) is 11.5. The molecule has 32 heavy (non-hydrogen) atoms. The van der Waals surface area contributed by atoms with Crippen LogP contribution >= 0.6 is 0 Å². The van der Waals surface area contributed by atoms with Crippen LogP contribution in [0.4, 0.5) is 4.79 Å². The van der Waals surface area contributed by atoms with Crippen LogP contribution in [-0.2, 0) is 30.2 Å². The highest BCUT2D eigenvalue weighted by Crippen LogP contribution is 2.23. The van der Waals surface area contributed by atoms with Gasteiger partial charge in [-0.25, -0.2) is 9.59 Å². The Hall–Kier alpha value is -2.12. The van der Waals surface area contributed by atoms with E-state index in [1.165, 1.54) is 5.56 Å². The molecular formula is C25H39NO6. The van der Waals surface area contributed by atoms with E-state index >= 15 is 0 Å². The van der Waals surface area contributed by atoms with E-state index < -0.39 is 29.8 Å². The van der Waals surface area contributed by atoms with E-state index in [2.05, 4.69) is 31.3 Å². The summed E-state index contributed by atoms with van der Waals surface area (Å²) >= 11 is 0. The van der Waals surface area contributed by atoms with Gasteiger partial charge in [0.2, 0.25) is 0 Å². The van der Waals surface area contributed by atoms with Crippen LogP contribution in [0.1, 0.15) is 53.5 Å². The van der Waals surface area contributed by atoms with Crippen molar-refractivity contribution in [2.45, 2.75) is 78.2 Å². The van der Waals surface area contributed by atoms with Crippen molar-refractivity contribution in [1.82, 2.24) is 5.32 Å². The van der Waals surface area contributed by atoms with Crippen LogP contribution in [0.25, 0.3) is 0 Å². The molecule has 1 N–H and O–H groups in total. The first kappa shape index (κ1) is 26.1. The first-order chi connectivity index (χ1) is 15.0. The second-order valence-corrected chi connectivity index (χ2v) is 9.85. The summed E-state index contributed by atoms with van der Waals surface area (Å²) < 4.78 is 23.2. The third-order valence-corrected chi connectivity index (χ3v) is 5.17. The average Bonchev–Trinajstić information content (AvgIpc) is 2.72. The van der Waals surface area contributed by atoms with Crippen LogP contribution in [0.3, 0.4) is 0 Å². The lowest BCUT2D eigenvalue weighted by Crippen LogP contribution is -2.47. The molecule has 0 aliphatic carbocycles. The van der Waals surface area contributed by atoms with Crippen molar-refractivity contribution in [3.05, 3.63) is 35.9 Å². The van der Waals surface area contributed by atoms with E-state index in [-0.39, 0.29) is 18.6 Å². The molecule has 2 rings (SSSR count). The zero-order valence-electron chi connectivity index (χ0n) is 20.3. The second-order valence-electron chi connectivity index (χ2n) is 9.85. The van der Waals surface area contributed by atoms with Gasteiger partial charge in [-0.3, -0.25) is 0 Å². The summed E-state index contributed by atoms with van der Waals surface area (Å²) in [6.45, 7) is 12.4. The number of benzene rings is 1. The lowest BCUT2D eigenvalue weighted by Gasteiger charge is -2.31. The van der Waals surface area contributed by atoms with E-state index in [0.717, 1.165) is 12.8 Å². The first-order valence-electron chi connectivity index (χ1n) is 11.5. The molecule has 0 spiro atoms. The molecule has 180 valence electrons. The van der Waals surface area contributed by atoms with Gasteiger partial charge in [-0.05, 0) is 52.0 Å². The average molecular weight is 450 g/mol. The predicted molar refractivity (Wildman–Crippen MR) is 122 cm³/mol. The number of amides is 1. The number of alkyl carbamates (subject to hydrolysis) is 1. The van der Waals surface area contributed by atoms with Crippen LogP contribution < -0.4 is 5.32 Å². The van der Waals surface area contributed by atoms with Gasteiger partial charge in [0.05, 0.1) is 19.3 Å². The summed E-state index contributed by atoms with van der Waals surface area (Å²) in [6, 6.07) is 9.19. The lowest BCUT2D eigenvalue weighted by molar-refractivity contribution is -0.160. The molecule has 0 saturated carbocycles. The van der Waals surface area contributed by atoms with Crippen LogP contribution in [0.15, 0.2) is 30.3 Å². The highest BCUT2D eigenvalue weighted by Gasteiger charge is 2.36. The van der Waals surface area contributed by atoms with Crippen LogP contribution in [0.2, 0.25) is 0 Å². The lowest BCUT2D eigenvalue weighted by atomic mass is 9.91. The van der Waals surface area contributed by atoms with Gasteiger partial charge in [0.1, 0.15) is 11.7 Å². The Labute approximate surface area is 192 Å². The Morgan fingerprint density at radius 2 is 1.88 bits per heavy atom. The van der Waals surface area contributed by atoms with E-state index in [9.17, 15) is 9.59 Å². The van der Waals surface area contributed by atoms with Gasteiger partial charge in [-0.2, -0.15) is 0 Å². The summed E-state index contributed by atoms with van der Waals surface area (Å²) in [4.78, 5) is 25.0. The Balaban J connectivity index is 2.14. The summed E-state index contributed by atoms with van der Waals surface area (Å²) in [5.41, 5.74) is 0.497. The number of hydrogen-bond donors (Lipinski definition) is 1. The number of esters is 1. The normalized spacial score (nSPS) is 24.8. The zero-order valence-corrected chi connectivity index (χ0v) is 20.3. The van der Waals surface area contributed by atoms with Crippen LogP contribution in [-0.4, -0.2) is 55.7 Å². The maximum absolute atomic E-state index is 12.8. The quantitative estimate of drug-likeness (QED) is 0.630. The largest absolute Gasteiger partial charge is 0.458 e. The van der Waals surface area contributed by atoms with Crippen molar-refractivity contribution in [3.8, 4) is 0 Å². The molecular weight excluding hydrogens is 410 g/mol. The summed E-state index contributed by atoms with van der Waals surface area (Å²) in [6.07, 6.45) is 0.157. The Morgan fingerprint density at radius 3 is 2.50 bits per heavy atom. The molecule has 1 heterocycles. The molecule has 1 aromatic rings. The van der Waals surface area contributed by atoms with Gasteiger partial charge in [0.15, 0.2) is 6.04 Å². The van der Waals surface area contributed by atoms with Gasteiger partial charge in [0, 0.05) is 12.5 Å². The number of carbonyl (C=O) groups is 2. The molecule has 0 bridgehead atoms. The fraction of sp³-hybridized carbons (Fsp3) is 0.680. The Kier molecular flexibility index (Phi) is 9.97. The van der Waals surface area contributed by atoms with Crippen molar-refractivity contribution in [3.63, 3.8) is 0 Å². The molecule has 0 radical (unpaired) electrons. The Bertz CT molecular complexity index is 715. The van der Waals surface area contributed by atoms with E-state index in [4.69, 9.17) is 18.9 Å². The molecule has 1 fully saturated rings. The summed E-state index contributed by atoms with van der Waals surface area (Å²) in [5, 5.41) is 2.58. The maximum Gasteiger partial charge on any atom is 0.408 e. The fourth-order valence-corrected chi connectivity index (χ4v) is 3.57. The molecule has 1 aromatic carbocycles. The van der Waals surface area contributed by atoms with Crippen molar-refractivity contribution in [1.29, 1.82) is 0 Å². The van der Waals surface area contributed by atoms with E-state index in [1.807, 2.05) is 25.1 Å². The zero-order chi connectivity index (χ0) is 23.7. The SMILES string of the molecule is CC(C)CCO[C@@H]1[C@@H](Cc2ccccc2)COC[C@H](NC(=O)OC(C)(C)C)C(=O)O[C@H]1C. The van der Waals surface area contributed by atoms with Crippen LogP contribution in [0.5, 0.6) is 0 Å². The molecule has 7 nitrogen and oxygen atoms in total. The number of rotatable bonds is 7. The second kappa shape index (κ2) is 12.2. The summed E-state index contributed by atoms with van der Waals surface area (Å²) in [7, 11) is 0. The highest BCUT2D eigenvalue weighted by molar-refractivity contribution is 5.81. The number of carbonyl (C=O) groups excluding carboxylic acids is 2. The topological polar surface area (TPSA) is 83.1 Å². The van der Waals surface area contributed by atoms with Gasteiger partial charge in [-0.1, -0.05) is 44.2 Å². The molecule has 0 unspecified atom stereocenters. The minimum atomic E-state index is -0.945. The molecule has 4 atom stereocenters. The molecule has 7 heteroatoms. The van der Waals surface area contributed by atoms with Gasteiger partial charge < -0.3 is 24.3 Å². The molecule has 1 aliphatic rings. The van der Waals surface area contributed by atoms with Gasteiger partial charge in [0.25, 0.3) is 0 Å². The minimum absolute atomic E-state index is 0.00682. The van der Waals surface area contributed by atoms with Crippen molar-refractivity contribution >= 4 is 12.1 Å². The molecule has 1 aliphatic heterocycles. The predicted octanol–water partition coefficient (Wildman–Crippen LogP) is 4.13. The van der Waals surface area contributed by atoms with Gasteiger partial charge >= 0.3 is 12.1 Å². The highest BCUT2D eigenvalue weighted by atomic mass is 16.6. The third-order valence-electron chi connectivity index (χ3n) is 5.17. The number of cyclic esters (lactones) is 1. The minimum Gasteiger partial charge on any atom is -0.458 e. The standard InChI is InChI=1S/C25H39NO6/c1-17(2)12-13-30-22-18(3)31-23(27)21(26-24(28)32-25(4,5)6)16-29-15-20(22)14-19-10-8-7-9-11-19/h7-11,17-18,20-22H,12-16H2,1-6H3,(H,26,28)/t18-,20-,21-,22-/m0/s1. The third kappa shape index (κ3) is 9.17. The van der Waals surface area contributed by atoms with Crippen molar-refractivity contribution < 1.29 is 28.5 Å². The maximum atomic E-state index is 12.8. The number of nitrogens with one attached hydrogen (secondary N) is 1. The Morgan fingerprint density at radius 1 is 1.19 bits per heavy atom. The smallest absolute Gasteiger partial charge is 0.408 e. The fourth-order valence-electron chi connectivity index (χ4n) is 3.57. The van der Waals surface area contributed by atoms with Gasteiger partial charge in [-0.15, -0.1) is 0 Å². The van der Waals surface area contributed by atoms with Crippen LogP contribution in [0, 0.1) is 11.8 Å². The molecule has 1 amide bonds. The van der Waals surface area contributed by atoms with Crippen molar-refractivity contribution in [2.75, 3.05) is 19.8 Å². The summed E-state index contributed by atoms with van der Waals surface area (Å²) in [5.74, 6) is -0.0516.